The summed E-state index contributed by atoms with van der Waals surface area (Å²) >= 11 is 1.46. The Labute approximate surface area is 162 Å². The van der Waals surface area contributed by atoms with Gasteiger partial charge in [0.15, 0.2) is 11.0 Å². The Morgan fingerprint density at radius 1 is 1.19 bits per heavy atom. The molecule has 0 saturated heterocycles. The minimum atomic E-state index is 0.471. The van der Waals surface area contributed by atoms with E-state index >= 15 is 0 Å². The number of allylic oxidation sites excluding steroid dienone is 1. The number of ether oxygens (including phenoxy) is 1. The van der Waals surface area contributed by atoms with Crippen LogP contribution in [0.4, 0.5) is 0 Å². The predicted octanol–water partition coefficient (Wildman–Crippen LogP) is 4.11. The fourth-order valence-electron chi connectivity index (χ4n) is 2.58. The van der Waals surface area contributed by atoms with Gasteiger partial charge in [0.05, 0.1) is 12.8 Å². The van der Waals surface area contributed by atoms with Crippen molar-refractivity contribution in [3.63, 3.8) is 0 Å². The Balaban J connectivity index is 1.83. The van der Waals surface area contributed by atoms with Crippen LogP contribution in [-0.4, -0.2) is 38.5 Å². The van der Waals surface area contributed by atoms with Gasteiger partial charge in [-0.3, -0.25) is 4.57 Å². The Morgan fingerprint density at radius 3 is 2.56 bits per heavy atom. The smallest absolute Gasteiger partial charge is 0.192 e. The monoisotopic (exact) mass is 380 g/mol. The minimum absolute atomic E-state index is 0.471. The number of oxime groups is 1. The molecule has 0 aliphatic heterocycles. The highest BCUT2D eigenvalue weighted by Gasteiger charge is 2.15. The molecule has 0 saturated carbocycles. The molecule has 3 rings (SSSR count). The first-order valence-corrected chi connectivity index (χ1v) is 9.33. The summed E-state index contributed by atoms with van der Waals surface area (Å²) in [6.07, 6.45) is 1.80. The second-order valence-corrected chi connectivity index (χ2v) is 6.58. The zero-order valence-electron chi connectivity index (χ0n) is 14.9. The largest absolute Gasteiger partial charge is 0.497 e. The van der Waals surface area contributed by atoms with Crippen LogP contribution in [0, 0.1) is 0 Å². The second kappa shape index (κ2) is 9.05. The molecule has 0 aliphatic rings. The third-order valence-corrected chi connectivity index (χ3v) is 4.92. The van der Waals surface area contributed by atoms with Gasteiger partial charge in [0.1, 0.15) is 5.75 Å². The van der Waals surface area contributed by atoms with Crippen LogP contribution in [0.2, 0.25) is 0 Å². The van der Waals surface area contributed by atoms with E-state index in [4.69, 9.17) is 4.74 Å². The topological polar surface area (TPSA) is 72.5 Å². The zero-order valence-corrected chi connectivity index (χ0v) is 15.8. The van der Waals surface area contributed by atoms with E-state index in [0.717, 1.165) is 27.9 Å². The molecule has 3 aromatic rings. The highest BCUT2D eigenvalue weighted by atomic mass is 32.2. The van der Waals surface area contributed by atoms with E-state index in [2.05, 4.69) is 21.9 Å². The lowest BCUT2D eigenvalue weighted by atomic mass is 10.1. The van der Waals surface area contributed by atoms with Gasteiger partial charge in [0, 0.05) is 23.4 Å². The molecule has 0 radical (unpaired) electrons. The van der Waals surface area contributed by atoms with E-state index in [1.165, 1.54) is 11.8 Å². The van der Waals surface area contributed by atoms with E-state index in [1.54, 1.807) is 13.2 Å². The molecule has 0 aliphatic carbocycles. The normalized spacial score (nSPS) is 11.4. The van der Waals surface area contributed by atoms with Crippen molar-refractivity contribution >= 4 is 17.5 Å². The van der Waals surface area contributed by atoms with Gasteiger partial charge in [-0.15, -0.1) is 16.8 Å². The lowest BCUT2D eigenvalue weighted by molar-refractivity contribution is 0.319. The van der Waals surface area contributed by atoms with Gasteiger partial charge in [-0.25, -0.2) is 0 Å². The molecule has 0 spiro atoms. The van der Waals surface area contributed by atoms with Crippen LogP contribution in [0.15, 0.2) is 77.6 Å². The lowest BCUT2D eigenvalue weighted by Gasteiger charge is -2.09. The standard InChI is InChI=1S/C20H20N4O2S/c1-3-13-24-19(16-9-11-17(26-2)12-10-16)21-22-20(24)27-14-18(23-25)15-7-5-4-6-8-15/h3-12,25H,1,13-14H2,2H3/b23-18+. The Hall–Kier alpha value is -3.06. The summed E-state index contributed by atoms with van der Waals surface area (Å²) in [5.41, 5.74) is 2.40. The molecule has 0 bridgehead atoms. The molecule has 1 aromatic heterocycles. The summed E-state index contributed by atoms with van der Waals surface area (Å²) in [6.45, 7) is 4.41. The SMILES string of the molecule is C=CCn1c(SC/C(=N\O)c2ccccc2)nnc1-c1ccc(OC)cc1. The van der Waals surface area contributed by atoms with Gasteiger partial charge in [0.2, 0.25) is 0 Å². The molecular formula is C20H20N4O2S. The average molecular weight is 380 g/mol. The third-order valence-electron chi connectivity index (χ3n) is 3.94. The number of hydrogen-bond acceptors (Lipinski definition) is 6. The molecule has 0 fully saturated rings. The summed E-state index contributed by atoms with van der Waals surface area (Å²) in [4.78, 5) is 0. The summed E-state index contributed by atoms with van der Waals surface area (Å²) in [7, 11) is 1.64. The number of benzene rings is 2. The van der Waals surface area contributed by atoms with Crippen molar-refractivity contribution in [3.05, 3.63) is 72.8 Å². The van der Waals surface area contributed by atoms with Crippen LogP contribution in [0.3, 0.4) is 0 Å². The molecule has 0 unspecified atom stereocenters. The van der Waals surface area contributed by atoms with E-state index in [0.29, 0.717) is 18.0 Å². The van der Waals surface area contributed by atoms with Crippen LogP contribution in [-0.2, 0) is 6.54 Å². The lowest BCUT2D eigenvalue weighted by Crippen LogP contribution is -2.06. The first-order chi connectivity index (χ1) is 13.3. The minimum Gasteiger partial charge on any atom is -0.497 e. The van der Waals surface area contributed by atoms with Crippen molar-refractivity contribution in [1.82, 2.24) is 14.8 Å². The molecule has 0 atom stereocenters. The maximum atomic E-state index is 9.37. The quantitative estimate of drug-likeness (QED) is 0.209. The summed E-state index contributed by atoms with van der Waals surface area (Å²) < 4.78 is 7.19. The maximum absolute atomic E-state index is 9.37. The van der Waals surface area contributed by atoms with E-state index < -0.39 is 0 Å². The van der Waals surface area contributed by atoms with Crippen molar-refractivity contribution in [2.45, 2.75) is 11.7 Å². The van der Waals surface area contributed by atoms with Crippen molar-refractivity contribution in [2.75, 3.05) is 12.9 Å². The number of rotatable bonds is 8. The molecule has 27 heavy (non-hydrogen) atoms. The maximum Gasteiger partial charge on any atom is 0.192 e. The summed E-state index contributed by atoms with van der Waals surface area (Å²) in [5.74, 6) is 2.01. The number of aromatic nitrogens is 3. The zero-order chi connectivity index (χ0) is 19.1. The number of methoxy groups -OCH3 is 1. The Morgan fingerprint density at radius 2 is 1.93 bits per heavy atom. The van der Waals surface area contributed by atoms with Crippen LogP contribution in [0.25, 0.3) is 11.4 Å². The number of nitrogens with zero attached hydrogens (tertiary/aromatic N) is 4. The molecule has 0 amide bonds. The molecule has 1 heterocycles. The van der Waals surface area contributed by atoms with Crippen LogP contribution >= 0.6 is 11.8 Å². The van der Waals surface area contributed by atoms with Crippen LogP contribution in [0.1, 0.15) is 5.56 Å². The first-order valence-electron chi connectivity index (χ1n) is 8.34. The molecular weight excluding hydrogens is 360 g/mol. The van der Waals surface area contributed by atoms with Gasteiger partial charge >= 0.3 is 0 Å². The van der Waals surface area contributed by atoms with Gasteiger partial charge in [-0.05, 0) is 24.3 Å². The summed E-state index contributed by atoms with van der Waals surface area (Å²) in [5, 5.41) is 22.2. The van der Waals surface area contributed by atoms with Gasteiger partial charge in [0.25, 0.3) is 0 Å². The fraction of sp³-hybridized carbons (Fsp3) is 0.150. The Kier molecular flexibility index (Phi) is 6.27. The number of thioether (sulfide) groups is 1. The highest BCUT2D eigenvalue weighted by Crippen LogP contribution is 2.26. The molecule has 6 nitrogen and oxygen atoms in total. The van der Waals surface area contributed by atoms with E-state index in [1.807, 2.05) is 59.2 Å². The molecule has 138 valence electrons. The van der Waals surface area contributed by atoms with Gasteiger partial charge in [-0.1, -0.05) is 53.3 Å². The predicted molar refractivity (Wildman–Crippen MR) is 108 cm³/mol. The van der Waals surface area contributed by atoms with Gasteiger partial charge in [-0.2, -0.15) is 0 Å². The molecule has 1 N–H and O–H groups in total. The third kappa shape index (κ3) is 4.38. The van der Waals surface area contributed by atoms with Crippen molar-refractivity contribution in [3.8, 4) is 17.1 Å². The number of hydrogen-bond donors (Lipinski definition) is 1. The fourth-order valence-corrected chi connectivity index (χ4v) is 3.48. The Bertz CT molecular complexity index is 921. The van der Waals surface area contributed by atoms with Crippen LogP contribution in [0.5, 0.6) is 5.75 Å². The van der Waals surface area contributed by atoms with E-state index in [9.17, 15) is 5.21 Å². The molecule has 7 heteroatoms. The highest BCUT2D eigenvalue weighted by molar-refractivity contribution is 7.99. The van der Waals surface area contributed by atoms with Crippen molar-refractivity contribution < 1.29 is 9.94 Å². The summed E-state index contributed by atoms with van der Waals surface area (Å²) in [6, 6.07) is 17.2. The molecule has 2 aromatic carbocycles. The van der Waals surface area contributed by atoms with E-state index in [-0.39, 0.29) is 0 Å². The van der Waals surface area contributed by atoms with Crippen LogP contribution < -0.4 is 4.74 Å². The first kappa shape index (κ1) is 18.7. The van der Waals surface area contributed by atoms with Crippen molar-refractivity contribution in [2.24, 2.45) is 5.16 Å². The van der Waals surface area contributed by atoms with Gasteiger partial charge < -0.3 is 9.94 Å². The second-order valence-electron chi connectivity index (χ2n) is 5.64. The average Bonchev–Trinajstić information content (AvgIpc) is 3.12. The van der Waals surface area contributed by atoms with Crippen molar-refractivity contribution in [1.29, 1.82) is 0 Å².